The molecule has 0 saturated carbocycles. The lowest BCUT2D eigenvalue weighted by molar-refractivity contribution is -0.139. The molecule has 1 atom stereocenters. The minimum Gasteiger partial charge on any atom is -0.495 e. The summed E-state index contributed by atoms with van der Waals surface area (Å²) in [5.41, 5.74) is 1.41. The summed E-state index contributed by atoms with van der Waals surface area (Å²) in [5, 5.41) is 12.5. The Kier molecular flexibility index (Phi) is 5.25. The van der Waals surface area contributed by atoms with Crippen LogP contribution in [0.15, 0.2) is 12.1 Å². The van der Waals surface area contributed by atoms with Crippen molar-refractivity contribution in [3.63, 3.8) is 0 Å². The molecular formula is C12H16ClNO4. The first-order chi connectivity index (χ1) is 8.49. The van der Waals surface area contributed by atoms with Crippen LogP contribution in [0.5, 0.6) is 5.75 Å². The number of methoxy groups -OCH3 is 2. The maximum Gasteiger partial charge on any atom is 0.328 e. The van der Waals surface area contributed by atoms with E-state index in [1.165, 1.54) is 14.2 Å². The first-order valence-corrected chi connectivity index (χ1v) is 5.69. The van der Waals surface area contributed by atoms with Crippen molar-refractivity contribution in [2.75, 3.05) is 26.1 Å². The van der Waals surface area contributed by atoms with Gasteiger partial charge in [0.1, 0.15) is 11.8 Å². The first kappa shape index (κ1) is 14.6. The molecule has 18 heavy (non-hydrogen) atoms. The zero-order valence-corrected chi connectivity index (χ0v) is 11.2. The van der Waals surface area contributed by atoms with Crippen molar-refractivity contribution in [3.8, 4) is 5.75 Å². The third-order valence-corrected chi connectivity index (χ3v) is 2.85. The molecule has 0 amide bonds. The zero-order chi connectivity index (χ0) is 13.7. The number of anilines is 1. The van der Waals surface area contributed by atoms with Gasteiger partial charge in [-0.15, -0.1) is 0 Å². The van der Waals surface area contributed by atoms with Gasteiger partial charge in [0, 0.05) is 18.2 Å². The summed E-state index contributed by atoms with van der Waals surface area (Å²) in [7, 11) is 2.94. The number of hydrogen-bond acceptors (Lipinski definition) is 4. The molecule has 6 heteroatoms. The second-order valence-electron chi connectivity index (χ2n) is 3.79. The quantitative estimate of drug-likeness (QED) is 0.831. The summed E-state index contributed by atoms with van der Waals surface area (Å²) in [6.07, 6.45) is 0. The van der Waals surface area contributed by atoms with E-state index in [1.54, 1.807) is 12.1 Å². The lowest BCUT2D eigenvalue weighted by Crippen LogP contribution is -2.33. The van der Waals surface area contributed by atoms with Gasteiger partial charge in [-0.1, -0.05) is 11.6 Å². The molecule has 0 heterocycles. The van der Waals surface area contributed by atoms with Gasteiger partial charge in [-0.2, -0.15) is 0 Å². The van der Waals surface area contributed by atoms with Crippen LogP contribution in [0.1, 0.15) is 5.56 Å². The Morgan fingerprint density at radius 3 is 2.67 bits per heavy atom. The molecular weight excluding hydrogens is 258 g/mol. The van der Waals surface area contributed by atoms with Crippen LogP contribution >= 0.6 is 11.6 Å². The number of nitrogens with one attached hydrogen (secondary N) is 1. The van der Waals surface area contributed by atoms with Gasteiger partial charge in [0.25, 0.3) is 0 Å². The molecule has 0 spiro atoms. The monoisotopic (exact) mass is 273 g/mol. The van der Waals surface area contributed by atoms with E-state index in [-0.39, 0.29) is 6.61 Å². The van der Waals surface area contributed by atoms with E-state index in [9.17, 15) is 4.79 Å². The lowest BCUT2D eigenvalue weighted by Gasteiger charge is -2.18. The summed E-state index contributed by atoms with van der Waals surface area (Å²) in [6.45, 7) is 1.89. The minimum atomic E-state index is -0.994. The molecule has 2 N–H and O–H groups in total. The van der Waals surface area contributed by atoms with Gasteiger partial charge in [-0.05, 0) is 18.6 Å². The van der Waals surface area contributed by atoms with Gasteiger partial charge in [0.2, 0.25) is 0 Å². The van der Waals surface area contributed by atoms with E-state index in [4.69, 9.17) is 26.2 Å². The summed E-state index contributed by atoms with van der Waals surface area (Å²) in [6, 6.07) is 2.54. The average Bonchev–Trinajstić information content (AvgIpc) is 2.32. The van der Waals surface area contributed by atoms with Crippen molar-refractivity contribution in [1.82, 2.24) is 0 Å². The molecule has 0 aromatic heterocycles. The van der Waals surface area contributed by atoms with Crippen LogP contribution in [-0.2, 0) is 9.53 Å². The highest BCUT2D eigenvalue weighted by atomic mass is 35.5. The topological polar surface area (TPSA) is 67.8 Å². The SMILES string of the molecule is COCC(Nc1cc(C)c(Cl)cc1OC)C(=O)O. The molecule has 1 aromatic rings. The smallest absolute Gasteiger partial charge is 0.328 e. The van der Waals surface area contributed by atoms with Crippen LogP contribution in [0.3, 0.4) is 0 Å². The van der Waals surface area contributed by atoms with E-state index >= 15 is 0 Å². The Bertz CT molecular complexity index is 436. The molecule has 0 aliphatic carbocycles. The number of carboxylic acids is 1. The number of halogens is 1. The summed E-state index contributed by atoms with van der Waals surface area (Å²) >= 11 is 5.98. The molecule has 0 aliphatic heterocycles. The number of rotatable bonds is 6. The van der Waals surface area contributed by atoms with E-state index in [0.29, 0.717) is 16.5 Å². The van der Waals surface area contributed by atoms with Crippen molar-refractivity contribution < 1.29 is 19.4 Å². The van der Waals surface area contributed by atoms with E-state index in [0.717, 1.165) is 5.56 Å². The molecule has 0 radical (unpaired) electrons. The van der Waals surface area contributed by atoms with Crippen molar-refractivity contribution in [2.45, 2.75) is 13.0 Å². The minimum absolute atomic E-state index is 0.0557. The second-order valence-corrected chi connectivity index (χ2v) is 4.20. The Morgan fingerprint density at radius 1 is 1.50 bits per heavy atom. The maximum absolute atomic E-state index is 11.0. The Balaban J connectivity index is 3.01. The number of hydrogen-bond donors (Lipinski definition) is 2. The van der Waals surface area contributed by atoms with E-state index in [1.807, 2.05) is 6.92 Å². The van der Waals surface area contributed by atoms with E-state index < -0.39 is 12.0 Å². The van der Waals surface area contributed by atoms with Gasteiger partial charge >= 0.3 is 5.97 Å². The van der Waals surface area contributed by atoms with Crippen LogP contribution in [0.25, 0.3) is 0 Å². The molecule has 100 valence electrons. The average molecular weight is 274 g/mol. The van der Waals surface area contributed by atoms with Crippen molar-refractivity contribution in [1.29, 1.82) is 0 Å². The van der Waals surface area contributed by atoms with Crippen LogP contribution in [-0.4, -0.2) is 37.9 Å². The largest absolute Gasteiger partial charge is 0.495 e. The Hall–Kier alpha value is -1.46. The highest BCUT2D eigenvalue weighted by Gasteiger charge is 2.19. The number of aryl methyl sites for hydroxylation is 1. The summed E-state index contributed by atoms with van der Waals surface area (Å²) in [4.78, 5) is 11.0. The van der Waals surface area contributed by atoms with Gasteiger partial charge in [0.15, 0.2) is 0 Å². The molecule has 0 bridgehead atoms. The molecule has 1 unspecified atom stereocenters. The molecule has 5 nitrogen and oxygen atoms in total. The fourth-order valence-corrected chi connectivity index (χ4v) is 1.63. The Labute approximate surface area is 111 Å². The van der Waals surface area contributed by atoms with Gasteiger partial charge in [0.05, 0.1) is 19.4 Å². The number of carbonyl (C=O) groups is 1. The highest BCUT2D eigenvalue weighted by Crippen LogP contribution is 2.31. The van der Waals surface area contributed by atoms with Crippen LogP contribution in [0.2, 0.25) is 5.02 Å². The fourth-order valence-electron chi connectivity index (χ4n) is 1.47. The predicted octanol–water partition coefficient (Wildman–Crippen LogP) is 2.17. The number of ether oxygens (including phenoxy) is 2. The van der Waals surface area contributed by atoms with Crippen molar-refractivity contribution in [3.05, 3.63) is 22.7 Å². The summed E-state index contributed by atoms with van der Waals surface area (Å²) in [5.74, 6) is -0.501. The highest BCUT2D eigenvalue weighted by molar-refractivity contribution is 6.31. The molecule has 0 fully saturated rings. The summed E-state index contributed by atoms with van der Waals surface area (Å²) < 4.78 is 10.0. The van der Waals surface area contributed by atoms with Crippen LogP contribution in [0, 0.1) is 6.92 Å². The predicted molar refractivity (Wildman–Crippen MR) is 69.7 cm³/mol. The lowest BCUT2D eigenvalue weighted by atomic mass is 10.2. The Morgan fingerprint density at radius 2 is 2.17 bits per heavy atom. The molecule has 0 saturated heterocycles. The second kappa shape index (κ2) is 6.47. The zero-order valence-electron chi connectivity index (χ0n) is 10.5. The number of aliphatic carboxylic acids is 1. The van der Waals surface area contributed by atoms with Gasteiger partial charge in [-0.3, -0.25) is 0 Å². The van der Waals surface area contributed by atoms with Gasteiger partial charge < -0.3 is 19.9 Å². The van der Waals surface area contributed by atoms with Crippen molar-refractivity contribution >= 4 is 23.3 Å². The first-order valence-electron chi connectivity index (χ1n) is 5.32. The molecule has 1 rings (SSSR count). The fraction of sp³-hybridized carbons (Fsp3) is 0.417. The van der Waals surface area contributed by atoms with Gasteiger partial charge in [-0.25, -0.2) is 4.79 Å². The van der Waals surface area contributed by atoms with E-state index in [2.05, 4.69) is 5.32 Å². The standard InChI is InChI=1S/C12H16ClNO4/c1-7-4-9(11(18-3)5-8(7)13)14-10(6-17-2)12(15)16/h4-5,10,14H,6H2,1-3H3,(H,15,16). The van der Waals surface area contributed by atoms with Crippen LogP contribution in [0.4, 0.5) is 5.69 Å². The third-order valence-electron chi connectivity index (χ3n) is 2.44. The maximum atomic E-state index is 11.0. The van der Waals surface area contributed by atoms with Crippen LogP contribution < -0.4 is 10.1 Å². The third kappa shape index (κ3) is 3.51. The molecule has 1 aromatic carbocycles. The normalized spacial score (nSPS) is 12.0. The number of carboxylic acid groups (broad SMARTS) is 1. The number of benzene rings is 1. The molecule has 0 aliphatic rings. The van der Waals surface area contributed by atoms with Crippen molar-refractivity contribution in [2.24, 2.45) is 0 Å².